The van der Waals surface area contributed by atoms with Crippen molar-refractivity contribution in [3.05, 3.63) is 65.0 Å². The Morgan fingerprint density at radius 3 is 2.71 bits per heavy atom. The van der Waals surface area contributed by atoms with Crippen molar-refractivity contribution >= 4 is 12.0 Å². The van der Waals surface area contributed by atoms with Gasteiger partial charge in [0, 0.05) is 12.1 Å². The molecule has 0 radical (unpaired) electrons. The van der Waals surface area contributed by atoms with Crippen molar-refractivity contribution < 1.29 is 19.0 Å². The molecule has 0 aliphatic heterocycles. The van der Waals surface area contributed by atoms with Crippen LogP contribution in [0.15, 0.2) is 42.5 Å². The van der Waals surface area contributed by atoms with E-state index in [9.17, 15) is 9.18 Å². The minimum atomic E-state index is -1.09. The normalized spacial score (nSPS) is 10.8. The highest BCUT2D eigenvalue weighted by Crippen LogP contribution is 2.28. The number of aryl methyl sites for hydroxylation is 1. The third kappa shape index (κ3) is 3.92. The molecule has 0 bridgehead atoms. The van der Waals surface area contributed by atoms with E-state index < -0.39 is 11.8 Å². The van der Waals surface area contributed by atoms with Gasteiger partial charge in [-0.1, -0.05) is 12.1 Å². The molecule has 0 amide bonds. The van der Waals surface area contributed by atoms with Crippen LogP contribution in [0.5, 0.6) is 11.5 Å². The zero-order chi connectivity index (χ0) is 15.4. The van der Waals surface area contributed by atoms with Crippen LogP contribution in [0, 0.1) is 19.7 Å². The molecular weight excluding hydrogens is 271 g/mol. The van der Waals surface area contributed by atoms with E-state index in [1.54, 1.807) is 12.1 Å². The molecule has 0 atom stereocenters. The standard InChI is InChI=1S/C17H15FO3/c1-11-4-3-5-16(12(11)2)21-15-9-13(6-7-17(19)20)8-14(18)10-15/h3-10H,1-2H3,(H,19,20)/b7-6+. The fourth-order valence-corrected chi connectivity index (χ4v) is 1.87. The summed E-state index contributed by atoms with van der Waals surface area (Å²) in [5.41, 5.74) is 2.48. The molecule has 0 unspecified atom stereocenters. The number of rotatable bonds is 4. The van der Waals surface area contributed by atoms with Gasteiger partial charge in [0.1, 0.15) is 17.3 Å². The third-order valence-electron chi connectivity index (χ3n) is 3.09. The maximum atomic E-state index is 13.6. The Balaban J connectivity index is 2.32. The fraction of sp³-hybridized carbons (Fsp3) is 0.118. The predicted octanol–water partition coefficient (Wildman–Crippen LogP) is 4.33. The van der Waals surface area contributed by atoms with E-state index in [0.29, 0.717) is 17.1 Å². The van der Waals surface area contributed by atoms with Crippen molar-refractivity contribution in [2.24, 2.45) is 0 Å². The van der Waals surface area contributed by atoms with Crippen molar-refractivity contribution in [2.45, 2.75) is 13.8 Å². The molecule has 108 valence electrons. The summed E-state index contributed by atoms with van der Waals surface area (Å²) in [4.78, 5) is 10.5. The highest BCUT2D eigenvalue weighted by molar-refractivity contribution is 5.85. The van der Waals surface area contributed by atoms with Crippen LogP contribution in [0.1, 0.15) is 16.7 Å². The van der Waals surface area contributed by atoms with Crippen molar-refractivity contribution in [1.82, 2.24) is 0 Å². The fourth-order valence-electron chi connectivity index (χ4n) is 1.87. The van der Waals surface area contributed by atoms with E-state index in [0.717, 1.165) is 17.2 Å². The SMILES string of the molecule is Cc1cccc(Oc2cc(F)cc(/C=C/C(=O)O)c2)c1C. The van der Waals surface area contributed by atoms with Crippen molar-refractivity contribution in [3.8, 4) is 11.5 Å². The topological polar surface area (TPSA) is 46.5 Å². The average molecular weight is 286 g/mol. The first-order valence-corrected chi connectivity index (χ1v) is 6.41. The molecule has 0 spiro atoms. The van der Waals surface area contributed by atoms with Crippen LogP contribution in [0.2, 0.25) is 0 Å². The number of ether oxygens (including phenoxy) is 1. The van der Waals surface area contributed by atoms with E-state index >= 15 is 0 Å². The Kier molecular flexibility index (Phi) is 4.38. The van der Waals surface area contributed by atoms with Crippen molar-refractivity contribution in [2.75, 3.05) is 0 Å². The van der Waals surface area contributed by atoms with Crippen LogP contribution < -0.4 is 4.74 Å². The molecule has 2 aromatic rings. The van der Waals surface area contributed by atoms with Gasteiger partial charge < -0.3 is 9.84 Å². The molecule has 0 aliphatic carbocycles. The highest BCUT2D eigenvalue weighted by atomic mass is 19.1. The van der Waals surface area contributed by atoms with E-state index in [2.05, 4.69) is 0 Å². The Morgan fingerprint density at radius 1 is 1.24 bits per heavy atom. The molecule has 0 saturated heterocycles. The Labute approximate surface area is 122 Å². The molecule has 0 fully saturated rings. The Hall–Kier alpha value is -2.62. The summed E-state index contributed by atoms with van der Waals surface area (Å²) < 4.78 is 19.3. The monoisotopic (exact) mass is 286 g/mol. The van der Waals surface area contributed by atoms with Gasteiger partial charge in [-0.25, -0.2) is 9.18 Å². The minimum Gasteiger partial charge on any atom is -0.478 e. The van der Waals surface area contributed by atoms with Gasteiger partial charge in [0.15, 0.2) is 0 Å². The van der Waals surface area contributed by atoms with E-state index in [1.807, 2.05) is 26.0 Å². The molecule has 0 saturated carbocycles. The molecule has 4 heteroatoms. The second kappa shape index (κ2) is 6.22. The van der Waals surface area contributed by atoms with Crippen molar-refractivity contribution in [1.29, 1.82) is 0 Å². The lowest BCUT2D eigenvalue weighted by molar-refractivity contribution is -0.131. The number of aliphatic carboxylic acids is 1. The van der Waals surface area contributed by atoms with Gasteiger partial charge in [-0.15, -0.1) is 0 Å². The number of benzene rings is 2. The second-order valence-electron chi connectivity index (χ2n) is 4.69. The van der Waals surface area contributed by atoms with Crippen LogP contribution in [-0.4, -0.2) is 11.1 Å². The molecule has 1 N–H and O–H groups in total. The molecule has 21 heavy (non-hydrogen) atoms. The lowest BCUT2D eigenvalue weighted by Crippen LogP contribution is -1.92. The summed E-state index contributed by atoms with van der Waals surface area (Å²) in [6.45, 7) is 3.89. The van der Waals surface area contributed by atoms with Crippen LogP contribution in [0.4, 0.5) is 4.39 Å². The number of hydrogen-bond acceptors (Lipinski definition) is 2. The Morgan fingerprint density at radius 2 is 2.00 bits per heavy atom. The van der Waals surface area contributed by atoms with Gasteiger partial charge in [0.25, 0.3) is 0 Å². The van der Waals surface area contributed by atoms with E-state index in [1.165, 1.54) is 18.2 Å². The predicted molar refractivity (Wildman–Crippen MR) is 79.1 cm³/mol. The van der Waals surface area contributed by atoms with Gasteiger partial charge in [-0.05, 0) is 54.8 Å². The first kappa shape index (κ1) is 14.8. The zero-order valence-electron chi connectivity index (χ0n) is 11.8. The summed E-state index contributed by atoms with van der Waals surface area (Å²) >= 11 is 0. The van der Waals surface area contributed by atoms with Gasteiger partial charge in [0.05, 0.1) is 0 Å². The summed E-state index contributed by atoms with van der Waals surface area (Å²) in [5, 5.41) is 8.60. The van der Waals surface area contributed by atoms with Gasteiger partial charge in [-0.3, -0.25) is 0 Å². The molecule has 3 nitrogen and oxygen atoms in total. The average Bonchev–Trinajstić information content (AvgIpc) is 2.41. The second-order valence-corrected chi connectivity index (χ2v) is 4.69. The van der Waals surface area contributed by atoms with Crippen LogP contribution >= 0.6 is 0 Å². The molecular formula is C17H15FO3. The third-order valence-corrected chi connectivity index (χ3v) is 3.09. The van der Waals surface area contributed by atoms with Gasteiger partial charge in [-0.2, -0.15) is 0 Å². The maximum Gasteiger partial charge on any atom is 0.328 e. The maximum absolute atomic E-state index is 13.6. The quantitative estimate of drug-likeness (QED) is 0.851. The van der Waals surface area contributed by atoms with Crippen LogP contribution in [0.3, 0.4) is 0 Å². The lowest BCUT2D eigenvalue weighted by Gasteiger charge is -2.11. The lowest BCUT2D eigenvalue weighted by atomic mass is 10.1. The summed E-state index contributed by atoms with van der Waals surface area (Å²) in [7, 11) is 0. The summed E-state index contributed by atoms with van der Waals surface area (Å²) in [5.74, 6) is -0.596. The molecule has 2 aromatic carbocycles. The zero-order valence-corrected chi connectivity index (χ0v) is 11.8. The number of carbonyl (C=O) groups is 1. The minimum absolute atomic E-state index is 0.328. The first-order chi connectivity index (χ1) is 9.95. The number of carboxylic acid groups (broad SMARTS) is 1. The number of hydrogen-bond donors (Lipinski definition) is 1. The summed E-state index contributed by atoms with van der Waals surface area (Å²) in [6, 6.07) is 9.73. The highest BCUT2D eigenvalue weighted by Gasteiger charge is 2.06. The van der Waals surface area contributed by atoms with Crippen LogP contribution in [-0.2, 0) is 4.79 Å². The van der Waals surface area contributed by atoms with Gasteiger partial charge in [0.2, 0.25) is 0 Å². The smallest absolute Gasteiger partial charge is 0.328 e. The summed E-state index contributed by atoms with van der Waals surface area (Å²) in [6.07, 6.45) is 2.28. The number of halogens is 1. The molecule has 0 aliphatic rings. The first-order valence-electron chi connectivity index (χ1n) is 6.41. The van der Waals surface area contributed by atoms with Crippen LogP contribution in [0.25, 0.3) is 6.08 Å². The van der Waals surface area contributed by atoms with E-state index in [4.69, 9.17) is 9.84 Å². The van der Waals surface area contributed by atoms with E-state index in [-0.39, 0.29) is 0 Å². The van der Waals surface area contributed by atoms with Crippen molar-refractivity contribution in [3.63, 3.8) is 0 Å². The molecule has 0 heterocycles. The Bertz CT molecular complexity index is 705. The largest absolute Gasteiger partial charge is 0.478 e. The van der Waals surface area contributed by atoms with Gasteiger partial charge >= 0.3 is 5.97 Å². The molecule has 0 aromatic heterocycles. The number of carboxylic acids is 1. The molecule has 2 rings (SSSR count).